The molecule has 1 amide bonds. The average molecular weight is 669 g/mol. The number of carbonyl (C=O) groups is 3. The number of fused-ring (bicyclic) bond motifs is 1. The summed E-state index contributed by atoms with van der Waals surface area (Å²) in [5.41, 5.74) is 9.97. The lowest BCUT2D eigenvalue weighted by Gasteiger charge is -2.34. The average Bonchev–Trinajstić information content (AvgIpc) is 3.45. The Morgan fingerprint density at radius 1 is 0.915 bits per heavy atom. The van der Waals surface area contributed by atoms with Crippen molar-refractivity contribution < 1.29 is 50.9 Å². The van der Waals surface area contributed by atoms with Gasteiger partial charge in [-0.2, -0.15) is 31.4 Å². The van der Waals surface area contributed by atoms with Gasteiger partial charge in [0.1, 0.15) is 11.3 Å². The number of primary amides is 1. The number of piperidine rings is 1. The molecule has 2 aromatic carbocycles. The molecule has 252 valence electrons. The maximum Gasteiger partial charge on any atom is 0.490 e. The summed E-state index contributed by atoms with van der Waals surface area (Å²) < 4.78 is 65.3. The van der Waals surface area contributed by atoms with E-state index in [9.17, 15) is 31.1 Å². The number of anilines is 1. The molecule has 47 heavy (non-hydrogen) atoms. The number of pyridine rings is 1. The van der Waals surface area contributed by atoms with Gasteiger partial charge in [0.25, 0.3) is 5.91 Å². The van der Waals surface area contributed by atoms with Crippen molar-refractivity contribution in [3.63, 3.8) is 0 Å². The first-order valence-corrected chi connectivity index (χ1v) is 13.8. The van der Waals surface area contributed by atoms with Gasteiger partial charge in [0.2, 0.25) is 0 Å². The first-order chi connectivity index (χ1) is 22.0. The van der Waals surface area contributed by atoms with Crippen LogP contribution in [0.2, 0.25) is 0 Å². The molecule has 1 aliphatic rings. The standard InChI is InChI=1S/C26H28N6O.2C2HF3O2/c1-18-4-3-13-28-26(18)31-14-11-21(12-15-31)29-16-19-7-9-22(10-8-19)32-17-20-5-2-6-23(25(27)33)24(20)30-32;2*3-2(4,5)1(6)7/h2-10,13,17,21,29H,11-12,14-16H2,1H3,(H2,27,33);2*(H,6,7). The Bertz CT molecular complexity index is 1660. The van der Waals surface area contributed by atoms with Gasteiger partial charge in [-0.25, -0.2) is 19.3 Å². The Morgan fingerprint density at radius 3 is 2.00 bits per heavy atom. The molecule has 0 atom stereocenters. The number of hydrogen-bond donors (Lipinski definition) is 4. The predicted molar refractivity (Wildman–Crippen MR) is 158 cm³/mol. The molecule has 0 spiro atoms. The zero-order valence-electron chi connectivity index (χ0n) is 24.7. The molecule has 0 saturated carbocycles. The zero-order chi connectivity index (χ0) is 34.9. The first-order valence-electron chi connectivity index (χ1n) is 13.8. The summed E-state index contributed by atoms with van der Waals surface area (Å²) in [6.45, 7) is 5.00. The van der Waals surface area contributed by atoms with Crippen LogP contribution in [0.5, 0.6) is 0 Å². The van der Waals surface area contributed by atoms with E-state index >= 15 is 0 Å². The Kier molecular flexibility index (Phi) is 11.9. The molecule has 1 fully saturated rings. The topological polar surface area (TPSA) is 164 Å². The molecular formula is C30H30F6N6O5. The van der Waals surface area contributed by atoms with Crippen molar-refractivity contribution in [1.29, 1.82) is 0 Å². The van der Waals surface area contributed by atoms with Gasteiger partial charge in [0.05, 0.1) is 11.3 Å². The molecule has 5 rings (SSSR count). The predicted octanol–water partition coefficient (Wildman–Crippen LogP) is 4.85. The van der Waals surface area contributed by atoms with E-state index in [1.165, 1.54) is 11.1 Å². The number of carbonyl (C=O) groups excluding carboxylic acids is 1. The quantitative estimate of drug-likeness (QED) is 0.210. The highest BCUT2D eigenvalue weighted by molar-refractivity contribution is 6.04. The Morgan fingerprint density at radius 2 is 1.49 bits per heavy atom. The summed E-state index contributed by atoms with van der Waals surface area (Å²) in [7, 11) is 0. The lowest BCUT2D eigenvalue weighted by Crippen LogP contribution is -2.42. The minimum atomic E-state index is -5.08. The highest BCUT2D eigenvalue weighted by Gasteiger charge is 2.38. The first kappa shape index (κ1) is 36.3. The number of nitrogens with zero attached hydrogens (tertiary/aromatic N) is 4. The molecule has 0 radical (unpaired) electrons. The van der Waals surface area contributed by atoms with Gasteiger partial charge in [-0.05, 0) is 55.2 Å². The van der Waals surface area contributed by atoms with Crippen molar-refractivity contribution in [1.82, 2.24) is 20.1 Å². The lowest BCUT2D eigenvalue weighted by molar-refractivity contribution is -0.193. The summed E-state index contributed by atoms with van der Waals surface area (Å²) in [4.78, 5) is 36.4. The molecule has 2 aromatic heterocycles. The normalized spacial score (nSPS) is 13.6. The second-order valence-corrected chi connectivity index (χ2v) is 10.2. The number of carboxylic acid groups (broad SMARTS) is 2. The molecule has 3 heterocycles. The highest BCUT2D eigenvalue weighted by Crippen LogP contribution is 2.22. The summed E-state index contributed by atoms with van der Waals surface area (Å²) in [5, 5.41) is 23.4. The summed E-state index contributed by atoms with van der Waals surface area (Å²) in [5.74, 6) is -4.87. The number of nitrogens with one attached hydrogen (secondary N) is 1. The number of benzene rings is 2. The number of aromatic nitrogens is 3. The number of rotatable bonds is 6. The van der Waals surface area contributed by atoms with E-state index in [1.807, 2.05) is 30.6 Å². The van der Waals surface area contributed by atoms with Crippen molar-refractivity contribution >= 4 is 34.6 Å². The van der Waals surface area contributed by atoms with Crippen LogP contribution in [0.1, 0.15) is 34.3 Å². The van der Waals surface area contributed by atoms with Gasteiger partial charge in [-0.15, -0.1) is 0 Å². The Labute approximate surface area is 263 Å². The van der Waals surface area contributed by atoms with Crippen LogP contribution in [0.25, 0.3) is 16.6 Å². The molecule has 11 nitrogen and oxygen atoms in total. The lowest BCUT2D eigenvalue weighted by atomic mass is 10.0. The van der Waals surface area contributed by atoms with E-state index in [-0.39, 0.29) is 0 Å². The van der Waals surface area contributed by atoms with Gasteiger partial charge in [-0.3, -0.25) is 4.79 Å². The third kappa shape index (κ3) is 10.4. The Hall–Kier alpha value is -5.19. The van der Waals surface area contributed by atoms with Crippen LogP contribution in [-0.2, 0) is 16.1 Å². The minimum Gasteiger partial charge on any atom is -0.475 e. The van der Waals surface area contributed by atoms with Gasteiger partial charge in [0.15, 0.2) is 0 Å². The van der Waals surface area contributed by atoms with Gasteiger partial charge < -0.3 is 26.2 Å². The molecule has 0 aliphatic carbocycles. The van der Waals surface area contributed by atoms with Crippen molar-refractivity contribution in [3.8, 4) is 5.69 Å². The van der Waals surface area contributed by atoms with Crippen LogP contribution in [-0.4, -0.2) is 74.3 Å². The number of hydrogen-bond acceptors (Lipinski definition) is 7. The largest absolute Gasteiger partial charge is 0.490 e. The summed E-state index contributed by atoms with van der Waals surface area (Å²) in [6, 6.07) is 18.4. The molecule has 4 aromatic rings. The fourth-order valence-corrected chi connectivity index (χ4v) is 4.51. The molecule has 5 N–H and O–H groups in total. The monoisotopic (exact) mass is 668 g/mol. The number of alkyl halides is 6. The number of halogens is 6. The van der Waals surface area contributed by atoms with Gasteiger partial charge >= 0.3 is 24.3 Å². The fourth-order valence-electron chi connectivity index (χ4n) is 4.51. The molecule has 0 bridgehead atoms. The van der Waals surface area contributed by atoms with Crippen molar-refractivity contribution in [3.05, 3.63) is 83.7 Å². The van der Waals surface area contributed by atoms with Crippen LogP contribution in [0.3, 0.4) is 0 Å². The van der Waals surface area contributed by atoms with E-state index in [4.69, 9.17) is 25.5 Å². The van der Waals surface area contributed by atoms with E-state index in [0.717, 1.165) is 49.4 Å². The fraction of sp³-hybridized carbons (Fsp3) is 0.300. The number of amides is 1. The Balaban J connectivity index is 0.000000360. The third-order valence-corrected chi connectivity index (χ3v) is 6.86. The van der Waals surface area contributed by atoms with Crippen LogP contribution in [0.15, 0.2) is 67.0 Å². The van der Waals surface area contributed by atoms with Crippen LogP contribution < -0.4 is 16.0 Å². The van der Waals surface area contributed by atoms with Crippen molar-refractivity contribution in [2.24, 2.45) is 5.73 Å². The molecule has 1 aliphatic heterocycles. The number of nitrogens with two attached hydrogens (primary N) is 1. The van der Waals surface area contributed by atoms with Crippen molar-refractivity contribution in [2.45, 2.75) is 44.7 Å². The molecule has 1 saturated heterocycles. The van der Waals surface area contributed by atoms with Crippen molar-refractivity contribution in [2.75, 3.05) is 18.0 Å². The number of aliphatic carboxylic acids is 2. The molecule has 17 heteroatoms. The van der Waals surface area contributed by atoms with E-state index in [0.29, 0.717) is 17.1 Å². The van der Waals surface area contributed by atoms with E-state index < -0.39 is 30.2 Å². The maximum absolute atomic E-state index is 11.7. The maximum atomic E-state index is 11.7. The van der Waals surface area contributed by atoms with Crippen LogP contribution in [0, 0.1) is 6.92 Å². The second-order valence-electron chi connectivity index (χ2n) is 10.2. The zero-order valence-corrected chi connectivity index (χ0v) is 24.7. The minimum absolute atomic E-state index is 0.441. The molecular weight excluding hydrogens is 638 g/mol. The van der Waals surface area contributed by atoms with Gasteiger partial charge in [0, 0.05) is 43.5 Å². The third-order valence-electron chi connectivity index (χ3n) is 6.86. The highest BCUT2D eigenvalue weighted by atomic mass is 19.4. The summed E-state index contributed by atoms with van der Waals surface area (Å²) in [6.07, 6.45) is -4.16. The van der Waals surface area contributed by atoms with Crippen LogP contribution >= 0.6 is 0 Å². The second kappa shape index (κ2) is 15.4. The van der Waals surface area contributed by atoms with Gasteiger partial charge in [-0.1, -0.05) is 30.3 Å². The van der Waals surface area contributed by atoms with Crippen LogP contribution in [0.4, 0.5) is 32.2 Å². The number of carboxylic acids is 2. The van der Waals surface area contributed by atoms with E-state index in [2.05, 4.69) is 57.6 Å². The summed E-state index contributed by atoms with van der Waals surface area (Å²) >= 11 is 0. The SMILES string of the molecule is Cc1cccnc1N1CCC(NCc2ccc(-n3cc4cccc(C(N)=O)c4n3)cc2)CC1.O=C(O)C(F)(F)F.O=C(O)C(F)(F)F. The smallest absolute Gasteiger partial charge is 0.475 e. The number of aryl methyl sites for hydroxylation is 1. The van der Waals surface area contributed by atoms with E-state index in [1.54, 1.807) is 10.7 Å². The molecule has 0 unspecified atom stereocenters.